The molecule has 0 aliphatic heterocycles. The quantitative estimate of drug-likeness (QED) is 0.533. The van der Waals surface area contributed by atoms with E-state index < -0.39 is 0 Å². The summed E-state index contributed by atoms with van der Waals surface area (Å²) < 4.78 is 0. The zero-order valence-electron chi connectivity index (χ0n) is 8.93. The molecule has 0 radical (unpaired) electrons. The molecule has 0 heteroatoms. The van der Waals surface area contributed by atoms with Gasteiger partial charge in [-0.25, -0.2) is 0 Å². The van der Waals surface area contributed by atoms with Crippen LogP contribution in [-0.4, -0.2) is 0 Å². The summed E-state index contributed by atoms with van der Waals surface area (Å²) in [5.41, 5.74) is 1.48. The Morgan fingerprint density at radius 1 is 1.25 bits per heavy atom. The van der Waals surface area contributed by atoms with Crippen LogP contribution in [0.4, 0.5) is 0 Å². The average molecular weight is 166 g/mol. The van der Waals surface area contributed by atoms with Gasteiger partial charge in [0.15, 0.2) is 0 Å². The first-order chi connectivity index (χ1) is 5.72. The van der Waals surface area contributed by atoms with Crippen molar-refractivity contribution in [2.24, 2.45) is 5.92 Å². The van der Waals surface area contributed by atoms with Gasteiger partial charge in [0.1, 0.15) is 0 Å². The van der Waals surface area contributed by atoms with Crippen LogP contribution in [0.5, 0.6) is 0 Å². The van der Waals surface area contributed by atoms with Crippen LogP contribution in [-0.2, 0) is 0 Å². The minimum Gasteiger partial charge on any atom is -0.0845 e. The monoisotopic (exact) mass is 166 g/mol. The molecule has 0 bridgehead atoms. The maximum absolute atomic E-state index is 2.36. The topological polar surface area (TPSA) is 0 Å². The number of unbranched alkanes of at least 4 members (excludes halogenated alkanes) is 1. The third-order valence-electron chi connectivity index (χ3n) is 1.88. The lowest BCUT2D eigenvalue weighted by Gasteiger charge is -2.05. The van der Waals surface area contributed by atoms with E-state index in [4.69, 9.17) is 0 Å². The van der Waals surface area contributed by atoms with Gasteiger partial charge in [-0.1, -0.05) is 52.3 Å². The molecule has 0 atom stereocenters. The summed E-state index contributed by atoms with van der Waals surface area (Å²) in [6.45, 7) is 8.90. The van der Waals surface area contributed by atoms with Crippen molar-refractivity contribution >= 4 is 0 Å². The first kappa shape index (κ1) is 11.5. The zero-order valence-corrected chi connectivity index (χ0v) is 8.93. The van der Waals surface area contributed by atoms with Crippen molar-refractivity contribution < 1.29 is 0 Å². The van der Waals surface area contributed by atoms with Gasteiger partial charge in [0.2, 0.25) is 0 Å². The summed E-state index contributed by atoms with van der Waals surface area (Å²) in [5, 5.41) is 0. The Bertz CT molecular complexity index is 149. The zero-order chi connectivity index (χ0) is 9.40. The van der Waals surface area contributed by atoms with Gasteiger partial charge in [0.25, 0.3) is 0 Å². The molecule has 12 heavy (non-hydrogen) atoms. The average Bonchev–Trinajstić information content (AvgIpc) is 2.04. The summed E-state index contributed by atoms with van der Waals surface area (Å²) in [6.07, 6.45) is 10.5. The predicted octanol–water partition coefficient (Wildman–Crippen LogP) is 4.34. The maximum atomic E-state index is 2.36. The Morgan fingerprint density at radius 3 is 2.33 bits per heavy atom. The fourth-order valence-corrected chi connectivity index (χ4v) is 1.06. The van der Waals surface area contributed by atoms with E-state index in [2.05, 4.69) is 45.9 Å². The molecular formula is C12H22. The van der Waals surface area contributed by atoms with E-state index in [1.54, 1.807) is 0 Å². The van der Waals surface area contributed by atoms with Gasteiger partial charge in [-0.15, -0.1) is 0 Å². The molecular weight excluding hydrogens is 144 g/mol. The van der Waals surface area contributed by atoms with Crippen LogP contribution in [0, 0.1) is 5.92 Å². The number of allylic oxidation sites excluding steroid dienone is 4. The second-order valence-corrected chi connectivity index (χ2v) is 3.46. The Hall–Kier alpha value is -0.520. The molecule has 70 valence electrons. The van der Waals surface area contributed by atoms with E-state index in [0.29, 0.717) is 5.92 Å². The minimum atomic E-state index is 0.666. The van der Waals surface area contributed by atoms with Gasteiger partial charge in [-0.3, -0.25) is 0 Å². The van der Waals surface area contributed by atoms with Crippen molar-refractivity contribution in [1.82, 2.24) is 0 Å². The van der Waals surface area contributed by atoms with Crippen molar-refractivity contribution in [3.63, 3.8) is 0 Å². The third-order valence-corrected chi connectivity index (χ3v) is 1.88. The normalized spacial score (nSPS) is 13.2. The standard InChI is InChI=1S/C12H22/c1-5-7-9-12(11(3)4)10-8-6-2/h7,9-11H,5-6,8H2,1-4H3. The van der Waals surface area contributed by atoms with Crippen LogP contribution in [0.1, 0.15) is 47.0 Å². The van der Waals surface area contributed by atoms with Crippen molar-refractivity contribution in [3.05, 3.63) is 23.8 Å². The highest BCUT2D eigenvalue weighted by Gasteiger charge is 1.96. The highest BCUT2D eigenvalue weighted by Crippen LogP contribution is 2.12. The van der Waals surface area contributed by atoms with Crippen molar-refractivity contribution in [1.29, 1.82) is 0 Å². The summed E-state index contributed by atoms with van der Waals surface area (Å²) in [5.74, 6) is 0.666. The van der Waals surface area contributed by atoms with E-state index in [1.807, 2.05) is 0 Å². The molecule has 0 saturated carbocycles. The van der Waals surface area contributed by atoms with E-state index in [9.17, 15) is 0 Å². The number of hydrogen-bond acceptors (Lipinski definition) is 0. The van der Waals surface area contributed by atoms with Crippen LogP contribution in [0.2, 0.25) is 0 Å². The molecule has 0 aliphatic carbocycles. The summed E-state index contributed by atoms with van der Waals surface area (Å²) in [6, 6.07) is 0. The number of rotatable bonds is 5. The van der Waals surface area contributed by atoms with Crippen molar-refractivity contribution in [2.75, 3.05) is 0 Å². The molecule has 0 heterocycles. The smallest absolute Gasteiger partial charge is 0.0222 e. The summed E-state index contributed by atoms with van der Waals surface area (Å²) in [7, 11) is 0. The molecule has 0 aromatic carbocycles. The second-order valence-electron chi connectivity index (χ2n) is 3.46. The fraction of sp³-hybridized carbons (Fsp3) is 0.667. The summed E-state index contributed by atoms with van der Waals surface area (Å²) >= 11 is 0. The van der Waals surface area contributed by atoms with Crippen molar-refractivity contribution in [2.45, 2.75) is 47.0 Å². The molecule has 0 aliphatic rings. The lowest BCUT2D eigenvalue weighted by Crippen LogP contribution is -1.90. The van der Waals surface area contributed by atoms with Crippen molar-refractivity contribution in [3.8, 4) is 0 Å². The van der Waals surface area contributed by atoms with Gasteiger partial charge in [0.05, 0.1) is 0 Å². The van der Waals surface area contributed by atoms with Crippen LogP contribution in [0.15, 0.2) is 23.8 Å². The largest absolute Gasteiger partial charge is 0.0845 e. The Kier molecular flexibility index (Phi) is 6.84. The highest BCUT2D eigenvalue weighted by molar-refractivity contribution is 5.20. The Balaban J connectivity index is 4.12. The van der Waals surface area contributed by atoms with E-state index in [1.165, 1.54) is 18.4 Å². The molecule has 0 aromatic rings. The van der Waals surface area contributed by atoms with Gasteiger partial charge >= 0.3 is 0 Å². The molecule has 0 aromatic heterocycles. The minimum absolute atomic E-state index is 0.666. The van der Waals surface area contributed by atoms with Crippen LogP contribution >= 0.6 is 0 Å². The lowest BCUT2D eigenvalue weighted by atomic mass is 10.0. The summed E-state index contributed by atoms with van der Waals surface area (Å²) in [4.78, 5) is 0. The van der Waals surface area contributed by atoms with E-state index >= 15 is 0 Å². The number of hydrogen-bond donors (Lipinski definition) is 0. The molecule has 0 saturated heterocycles. The third kappa shape index (κ3) is 5.17. The lowest BCUT2D eigenvalue weighted by molar-refractivity contribution is 0.778. The Labute approximate surface area is 77.4 Å². The van der Waals surface area contributed by atoms with Crippen LogP contribution in [0.3, 0.4) is 0 Å². The molecule has 0 amide bonds. The molecule has 0 nitrogen and oxygen atoms in total. The van der Waals surface area contributed by atoms with E-state index in [0.717, 1.165) is 6.42 Å². The van der Waals surface area contributed by atoms with Gasteiger partial charge in [-0.05, 0) is 24.3 Å². The molecule has 0 N–H and O–H groups in total. The molecule has 0 fully saturated rings. The van der Waals surface area contributed by atoms with Gasteiger partial charge in [-0.2, -0.15) is 0 Å². The van der Waals surface area contributed by atoms with Gasteiger partial charge in [0, 0.05) is 0 Å². The second kappa shape index (κ2) is 7.15. The first-order valence-electron chi connectivity index (χ1n) is 5.08. The van der Waals surface area contributed by atoms with Crippen LogP contribution in [0.25, 0.3) is 0 Å². The molecule has 0 rings (SSSR count). The fourth-order valence-electron chi connectivity index (χ4n) is 1.06. The van der Waals surface area contributed by atoms with E-state index in [-0.39, 0.29) is 0 Å². The van der Waals surface area contributed by atoms with Crippen LogP contribution < -0.4 is 0 Å². The van der Waals surface area contributed by atoms with Gasteiger partial charge < -0.3 is 0 Å². The molecule has 0 spiro atoms. The maximum Gasteiger partial charge on any atom is -0.0222 e. The SMILES string of the molecule is CCC=CC(=CCCC)C(C)C. The molecule has 0 unspecified atom stereocenters. The first-order valence-corrected chi connectivity index (χ1v) is 5.08. The predicted molar refractivity (Wildman–Crippen MR) is 57.3 cm³/mol. The highest BCUT2D eigenvalue weighted by atomic mass is 14.0. The Morgan fingerprint density at radius 2 is 1.92 bits per heavy atom.